The summed E-state index contributed by atoms with van der Waals surface area (Å²) in [4.78, 5) is 17.2. The molecule has 4 aromatic heterocycles. The largest absolute Gasteiger partial charge is 0.308 e. The van der Waals surface area contributed by atoms with E-state index in [9.17, 15) is 0 Å². The van der Waals surface area contributed by atoms with Gasteiger partial charge in [-0.15, -0.1) is 0 Å². The fourth-order valence-corrected chi connectivity index (χ4v) is 11.5. The molecule has 1 aliphatic rings. The average Bonchev–Trinajstić information content (AvgIpc) is 4.06. The van der Waals surface area contributed by atoms with E-state index >= 15 is 0 Å². The van der Waals surface area contributed by atoms with Gasteiger partial charge in [0.25, 0.3) is 0 Å². The molecule has 320 valence electrons. The molecule has 0 fully saturated rings. The number of para-hydroxylation sites is 6. The molecule has 0 radical (unpaired) electrons. The highest BCUT2D eigenvalue weighted by Gasteiger charge is 2.30. The molecule has 0 bridgehead atoms. The van der Waals surface area contributed by atoms with Gasteiger partial charge in [0.1, 0.15) is 0 Å². The maximum Gasteiger partial charge on any atom is 0.240 e. The summed E-state index contributed by atoms with van der Waals surface area (Å²) < 4.78 is 6.87. The van der Waals surface area contributed by atoms with Crippen molar-refractivity contribution in [1.82, 2.24) is 28.7 Å². The number of rotatable bonds is 4. The number of hydrogen-bond donors (Lipinski definition) is 0. The van der Waals surface area contributed by atoms with Crippen molar-refractivity contribution in [3.63, 3.8) is 0 Å². The molecule has 15 rings (SSSR count). The Morgan fingerprint density at radius 3 is 0.884 bits per heavy atom. The second kappa shape index (κ2) is 14.6. The number of fused-ring (bicyclic) bond motifs is 17. The Morgan fingerprint density at radius 2 is 0.507 bits per heavy atom. The van der Waals surface area contributed by atoms with Crippen molar-refractivity contribution < 1.29 is 0 Å². The third-order valence-electron chi connectivity index (χ3n) is 14.3. The highest BCUT2D eigenvalue weighted by molar-refractivity contribution is 6.14. The monoisotopic (exact) mass is 878 g/mol. The lowest BCUT2D eigenvalue weighted by molar-refractivity contribution is 0.892. The molecule has 0 amide bonds. The van der Waals surface area contributed by atoms with E-state index in [0.29, 0.717) is 17.7 Å². The molecular weight excluding hydrogens is 841 g/mol. The molecule has 0 saturated carbocycles. The molecule has 0 unspecified atom stereocenters. The summed E-state index contributed by atoms with van der Waals surface area (Å²) in [6, 6.07) is 82.9. The first-order valence-corrected chi connectivity index (χ1v) is 23.5. The molecule has 0 N–H and O–H groups in total. The Balaban J connectivity index is 1.17. The van der Waals surface area contributed by atoms with Gasteiger partial charge in [0.15, 0.2) is 5.82 Å². The van der Waals surface area contributed by atoms with Crippen molar-refractivity contribution >= 4 is 65.4 Å². The van der Waals surface area contributed by atoms with Gasteiger partial charge in [-0.05, 0) is 81.4 Å². The first-order chi connectivity index (χ1) is 34.3. The predicted molar refractivity (Wildman–Crippen MR) is 284 cm³/mol. The van der Waals surface area contributed by atoms with Crippen LogP contribution in [0.5, 0.6) is 0 Å². The van der Waals surface area contributed by atoms with Gasteiger partial charge in [-0.1, -0.05) is 188 Å². The molecular formula is C63H38N6. The Labute approximate surface area is 396 Å². The number of benzene rings is 10. The minimum absolute atomic E-state index is 0.532. The second-order valence-electron chi connectivity index (χ2n) is 17.9. The Hall–Kier alpha value is -9.39. The summed E-state index contributed by atoms with van der Waals surface area (Å²) in [6.07, 6.45) is 0. The zero-order chi connectivity index (χ0) is 45.2. The highest BCUT2D eigenvalue weighted by Crippen LogP contribution is 2.52. The quantitative estimate of drug-likeness (QED) is 0.177. The molecule has 4 heterocycles. The zero-order valence-electron chi connectivity index (χ0n) is 37.1. The standard InChI is InChI=1S/C63H38N6/c1-2-20-40-39(19-1)41-21-3-4-23-43(41)51-37-38-58(67-52-31-13-7-24-44(52)45-25-8-14-32-53(45)67)60(59(51)50-30-6-5-22-42(40)50)61-64-62(68-54-33-15-9-26-46(54)47-27-10-16-34-55(47)68)66-63(65-61)69-56-35-17-11-28-48(56)49-29-12-18-36-57(49)69/h1-38H. The molecule has 0 aliphatic heterocycles. The molecule has 6 heteroatoms. The van der Waals surface area contributed by atoms with Gasteiger partial charge < -0.3 is 4.57 Å². The number of aromatic nitrogens is 6. The van der Waals surface area contributed by atoms with Gasteiger partial charge in [0.05, 0.1) is 44.4 Å². The lowest BCUT2D eigenvalue weighted by atomic mass is 9.79. The van der Waals surface area contributed by atoms with E-state index < -0.39 is 0 Å². The molecule has 10 aromatic carbocycles. The van der Waals surface area contributed by atoms with Crippen molar-refractivity contribution in [2.24, 2.45) is 0 Å². The van der Waals surface area contributed by atoms with Crippen molar-refractivity contribution in [2.75, 3.05) is 0 Å². The predicted octanol–water partition coefficient (Wildman–Crippen LogP) is 15.8. The van der Waals surface area contributed by atoms with Gasteiger partial charge in [-0.2, -0.15) is 15.0 Å². The van der Waals surface area contributed by atoms with Crippen LogP contribution in [0, 0.1) is 0 Å². The van der Waals surface area contributed by atoms with Crippen LogP contribution in [-0.2, 0) is 0 Å². The van der Waals surface area contributed by atoms with Crippen molar-refractivity contribution in [3.8, 4) is 73.5 Å². The number of nitrogens with zero attached hydrogens (tertiary/aromatic N) is 6. The number of hydrogen-bond acceptors (Lipinski definition) is 3. The van der Waals surface area contributed by atoms with Crippen LogP contribution in [0.25, 0.3) is 139 Å². The fourth-order valence-electron chi connectivity index (χ4n) is 11.5. The van der Waals surface area contributed by atoms with E-state index in [1.165, 1.54) is 27.5 Å². The third-order valence-corrected chi connectivity index (χ3v) is 14.3. The highest BCUT2D eigenvalue weighted by atomic mass is 15.3. The summed E-state index contributed by atoms with van der Waals surface area (Å²) in [6.45, 7) is 0. The van der Waals surface area contributed by atoms with Crippen LogP contribution >= 0.6 is 0 Å². The first kappa shape index (κ1) is 37.8. The van der Waals surface area contributed by atoms with E-state index in [2.05, 4.69) is 244 Å². The minimum atomic E-state index is 0.532. The van der Waals surface area contributed by atoms with E-state index in [4.69, 9.17) is 15.0 Å². The molecule has 14 aromatic rings. The fraction of sp³-hybridized carbons (Fsp3) is 0. The van der Waals surface area contributed by atoms with Crippen LogP contribution in [0.2, 0.25) is 0 Å². The summed E-state index contributed by atoms with van der Waals surface area (Å²) in [5, 5.41) is 6.89. The molecule has 0 spiro atoms. The van der Waals surface area contributed by atoms with Crippen molar-refractivity contribution in [2.45, 2.75) is 0 Å². The first-order valence-electron chi connectivity index (χ1n) is 23.5. The molecule has 6 nitrogen and oxygen atoms in total. The van der Waals surface area contributed by atoms with Crippen molar-refractivity contribution in [3.05, 3.63) is 231 Å². The second-order valence-corrected chi connectivity index (χ2v) is 17.9. The zero-order valence-corrected chi connectivity index (χ0v) is 37.1. The SMILES string of the molecule is c1ccc2c(c1)-c1ccccc1-c1ccc(-n3c4ccccc4c4ccccc43)c(-c3nc(-n4c5ccccc5c5ccccc54)nc(-n4c5ccccc5c5ccccc54)n3)c1-c1ccccc1-2. The van der Waals surface area contributed by atoms with Crippen LogP contribution < -0.4 is 0 Å². The lowest BCUT2D eigenvalue weighted by Crippen LogP contribution is -2.12. The van der Waals surface area contributed by atoms with E-state index in [0.717, 1.165) is 93.7 Å². The van der Waals surface area contributed by atoms with Crippen LogP contribution in [-0.4, -0.2) is 28.7 Å². The molecule has 69 heavy (non-hydrogen) atoms. The van der Waals surface area contributed by atoms with Gasteiger partial charge in [0.2, 0.25) is 11.9 Å². The Kier molecular flexibility index (Phi) is 7.97. The summed E-state index contributed by atoms with van der Waals surface area (Å²) >= 11 is 0. The summed E-state index contributed by atoms with van der Waals surface area (Å²) in [7, 11) is 0. The summed E-state index contributed by atoms with van der Waals surface area (Å²) in [5.74, 6) is 1.63. The van der Waals surface area contributed by atoms with Crippen LogP contribution in [0.4, 0.5) is 0 Å². The van der Waals surface area contributed by atoms with Gasteiger partial charge >= 0.3 is 0 Å². The van der Waals surface area contributed by atoms with E-state index in [-0.39, 0.29) is 0 Å². The molecule has 0 saturated heterocycles. The van der Waals surface area contributed by atoms with E-state index in [1.807, 2.05) is 0 Å². The van der Waals surface area contributed by atoms with Crippen molar-refractivity contribution in [1.29, 1.82) is 0 Å². The van der Waals surface area contributed by atoms with Crippen LogP contribution in [0.1, 0.15) is 0 Å². The lowest BCUT2D eigenvalue weighted by Gasteiger charge is -2.26. The third kappa shape index (κ3) is 5.39. The van der Waals surface area contributed by atoms with E-state index in [1.54, 1.807) is 0 Å². The Morgan fingerprint density at radius 1 is 0.217 bits per heavy atom. The Bertz CT molecular complexity index is 4150. The van der Waals surface area contributed by atoms with Gasteiger partial charge in [-0.3, -0.25) is 9.13 Å². The smallest absolute Gasteiger partial charge is 0.240 e. The maximum atomic E-state index is 5.80. The van der Waals surface area contributed by atoms with Gasteiger partial charge in [-0.25, -0.2) is 0 Å². The maximum absolute atomic E-state index is 5.80. The molecule has 1 aliphatic carbocycles. The summed E-state index contributed by atoms with van der Waals surface area (Å²) in [5.41, 5.74) is 17.2. The topological polar surface area (TPSA) is 53.5 Å². The minimum Gasteiger partial charge on any atom is -0.308 e. The average molecular weight is 879 g/mol. The van der Waals surface area contributed by atoms with Gasteiger partial charge in [0, 0.05) is 37.9 Å². The normalized spacial score (nSPS) is 12.1. The molecule has 0 atom stereocenters. The van der Waals surface area contributed by atoms with Crippen LogP contribution in [0.15, 0.2) is 231 Å². The van der Waals surface area contributed by atoms with Crippen LogP contribution in [0.3, 0.4) is 0 Å².